The minimum Gasteiger partial charge on any atom is -0.452 e. The topological polar surface area (TPSA) is 123 Å². The van der Waals surface area contributed by atoms with E-state index in [4.69, 9.17) is 4.74 Å². The molecular weight excluding hydrogens is 452 g/mol. The Morgan fingerprint density at radius 2 is 2.21 bits per heavy atom. The van der Waals surface area contributed by atoms with Crippen molar-refractivity contribution in [3.63, 3.8) is 0 Å². The summed E-state index contributed by atoms with van der Waals surface area (Å²) in [6.45, 7) is 6.33. The van der Waals surface area contributed by atoms with Crippen LogP contribution in [0.5, 0.6) is 0 Å². The second-order valence-corrected chi connectivity index (χ2v) is 10.1. The number of nitriles is 1. The van der Waals surface area contributed by atoms with Gasteiger partial charge >= 0.3 is 5.97 Å². The van der Waals surface area contributed by atoms with Crippen molar-refractivity contribution in [3.05, 3.63) is 52.6 Å². The number of hydrogen-bond acceptors (Lipinski definition) is 8. The molecule has 1 aliphatic rings. The molecule has 1 amide bonds. The number of fused-ring (bicyclic) bond motifs is 1. The fourth-order valence-electron chi connectivity index (χ4n) is 4.09. The summed E-state index contributed by atoms with van der Waals surface area (Å²) in [7, 11) is 0. The molecule has 3 aromatic heterocycles. The van der Waals surface area contributed by atoms with E-state index in [0.29, 0.717) is 22.3 Å². The monoisotopic (exact) mass is 478 g/mol. The summed E-state index contributed by atoms with van der Waals surface area (Å²) in [5, 5.41) is 17.0. The third-order valence-electron chi connectivity index (χ3n) is 6.62. The highest BCUT2D eigenvalue weighted by Gasteiger charge is 2.34. The molecule has 10 heteroatoms. The summed E-state index contributed by atoms with van der Waals surface area (Å²) in [5.74, 6) is -0.101. The molecule has 1 N–H and O–H groups in total. The Labute approximate surface area is 201 Å². The number of pyridine rings is 1. The third-order valence-corrected chi connectivity index (χ3v) is 7.79. The Kier molecular flexibility index (Phi) is 6.75. The van der Waals surface area contributed by atoms with Gasteiger partial charge in [-0.15, -0.1) is 11.3 Å². The van der Waals surface area contributed by atoms with Gasteiger partial charge in [-0.2, -0.15) is 10.4 Å². The van der Waals surface area contributed by atoms with Gasteiger partial charge in [0.15, 0.2) is 12.4 Å². The van der Waals surface area contributed by atoms with Crippen LogP contribution in [0.25, 0.3) is 5.82 Å². The molecule has 3 aromatic rings. The molecule has 1 atom stereocenters. The van der Waals surface area contributed by atoms with Crippen molar-refractivity contribution in [1.29, 1.82) is 5.26 Å². The van der Waals surface area contributed by atoms with Gasteiger partial charge in [-0.25, -0.2) is 19.4 Å². The van der Waals surface area contributed by atoms with Gasteiger partial charge < -0.3 is 10.1 Å². The normalized spacial score (nSPS) is 15.3. The molecule has 0 aromatic carbocycles. The highest BCUT2D eigenvalue weighted by molar-refractivity contribution is 7.16. The first kappa shape index (κ1) is 23.6. The number of rotatable bonds is 7. The average Bonchev–Trinajstić information content (AvgIpc) is 3.50. The first-order valence-corrected chi connectivity index (χ1v) is 12.0. The van der Waals surface area contributed by atoms with E-state index in [1.54, 1.807) is 12.1 Å². The van der Waals surface area contributed by atoms with Crippen molar-refractivity contribution < 1.29 is 14.3 Å². The lowest BCUT2D eigenvalue weighted by Gasteiger charge is -2.36. The molecule has 34 heavy (non-hydrogen) atoms. The van der Waals surface area contributed by atoms with Crippen LogP contribution in [0.15, 0.2) is 31.0 Å². The predicted octanol–water partition coefficient (Wildman–Crippen LogP) is 3.93. The van der Waals surface area contributed by atoms with Gasteiger partial charge in [-0.1, -0.05) is 27.2 Å². The summed E-state index contributed by atoms with van der Waals surface area (Å²) in [4.78, 5) is 34.0. The molecule has 3 heterocycles. The minimum atomic E-state index is -0.664. The zero-order valence-corrected chi connectivity index (χ0v) is 20.2. The zero-order valence-electron chi connectivity index (χ0n) is 19.4. The third kappa shape index (κ3) is 4.84. The van der Waals surface area contributed by atoms with E-state index in [0.717, 1.165) is 31.2 Å². The number of nitrogens with one attached hydrogen (secondary N) is 1. The Morgan fingerprint density at radius 1 is 1.38 bits per heavy atom. The second-order valence-electron chi connectivity index (χ2n) is 8.97. The molecule has 0 aliphatic heterocycles. The van der Waals surface area contributed by atoms with Crippen LogP contribution in [0.4, 0.5) is 5.00 Å². The van der Waals surface area contributed by atoms with Crippen molar-refractivity contribution in [3.8, 4) is 11.9 Å². The van der Waals surface area contributed by atoms with Crippen molar-refractivity contribution in [1.82, 2.24) is 19.7 Å². The lowest BCUT2D eigenvalue weighted by atomic mass is 9.69. The largest absolute Gasteiger partial charge is 0.452 e. The Balaban J connectivity index is 1.37. The number of amides is 1. The lowest BCUT2D eigenvalue weighted by Crippen LogP contribution is -2.28. The summed E-state index contributed by atoms with van der Waals surface area (Å²) < 4.78 is 6.60. The van der Waals surface area contributed by atoms with Gasteiger partial charge in [0, 0.05) is 11.1 Å². The van der Waals surface area contributed by atoms with E-state index in [-0.39, 0.29) is 11.0 Å². The molecule has 0 saturated carbocycles. The SMILES string of the molecule is CCC(C)(C)C1CCc2c(sc(NC(=O)COC(=O)c3ccc(-n4cncn4)nc3)c2C#N)C1. The number of nitrogens with zero attached hydrogens (tertiary/aromatic N) is 5. The molecule has 4 rings (SSSR count). The van der Waals surface area contributed by atoms with Crippen molar-refractivity contribution in [2.45, 2.75) is 46.5 Å². The van der Waals surface area contributed by atoms with Crippen LogP contribution in [0.3, 0.4) is 0 Å². The number of anilines is 1. The highest BCUT2D eigenvalue weighted by Crippen LogP contribution is 2.45. The predicted molar refractivity (Wildman–Crippen MR) is 127 cm³/mol. The fourth-order valence-corrected chi connectivity index (χ4v) is 5.39. The average molecular weight is 479 g/mol. The number of carbonyl (C=O) groups excluding carboxylic acids is 2. The second kappa shape index (κ2) is 9.73. The smallest absolute Gasteiger partial charge is 0.340 e. The molecule has 0 saturated heterocycles. The van der Waals surface area contributed by atoms with Crippen LogP contribution in [0.1, 0.15) is 60.0 Å². The van der Waals surface area contributed by atoms with Crippen molar-refractivity contribution in [2.75, 3.05) is 11.9 Å². The van der Waals surface area contributed by atoms with Crippen LogP contribution in [-0.2, 0) is 22.4 Å². The van der Waals surface area contributed by atoms with Gasteiger partial charge in [0.1, 0.15) is 23.7 Å². The number of esters is 1. The summed E-state index contributed by atoms with van der Waals surface area (Å²) >= 11 is 1.46. The summed E-state index contributed by atoms with van der Waals surface area (Å²) in [5.41, 5.74) is 2.02. The van der Waals surface area contributed by atoms with E-state index in [1.165, 1.54) is 39.7 Å². The van der Waals surface area contributed by atoms with E-state index >= 15 is 0 Å². The lowest BCUT2D eigenvalue weighted by molar-refractivity contribution is -0.119. The molecular formula is C24H26N6O3S. The van der Waals surface area contributed by atoms with Crippen molar-refractivity contribution in [2.24, 2.45) is 11.3 Å². The first-order chi connectivity index (χ1) is 16.3. The first-order valence-electron chi connectivity index (χ1n) is 11.1. The van der Waals surface area contributed by atoms with Gasteiger partial charge in [0.05, 0.1) is 11.1 Å². The maximum atomic E-state index is 12.5. The van der Waals surface area contributed by atoms with E-state index in [2.05, 4.69) is 47.2 Å². The minimum absolute atomic E-state index is 0.213. The molecule has 1 aliphatic carbocycles. The number of aromatic nitrogens is 4. The summed E-state index contributed by atoms with van der Waals surface area (Å²) in [6, 6.07) is 5.40. The molecule has 9 nitrogen and oxygen atoms in total. The Bertz CT molecular complexity index is 1220. The Hall–Kier alpha value is -3.58. The van der Waals surface area contributed by atoms with Crippen LogP contribution < -0.4 is 5.32 Å². The number of hydrogen-bond donors (Lipinski definition) is 1. The fraction of sp³-hybridized carbons (Fsp3) is 0.417. The molecule has 176 valence electrons. The molecule has 0 fully saturated rings. The number of ether oxygens (including phenoxy) is 1. The van der Waals surface area contributed by atoms with Crippen LogP contribution in [0.2, 0.25) is 0 Å². The van der Waals surface area contributed by atoms with Crippen LogP contribution in [0, 0.1) is 22.7 Å². The van der Waals surface area contributed by atoms with Gasteiger partial charge in [-0.05, 0) is 48.3 Å². The summed E-state index contributed by atoms with van der Waals surface area (Å²) in [6.07, 6.45) is 8.11. The van der Waals surface area contributed by atoms with E-state index < -0.39 is 18.5 Å². The standard InChI is InChI=1S/C24H26N6O3S/c1-4-24(2,3)16-6-7-17-18(10-25)22(34-19(17)9-16)29-21(31)12-33-23(32)15-5-8-20(27-11-15)30-14-26-13-28-30/h5,8,11,13-14,16H,4,6-7,9,12H2,1-3H3,(H,29,31). The molecule has 0 radical (unpaired) electrons. The molecule has 0 spiro atoms. The zero-order chi connectivity index (χ0) is 24.3. The maximum Gasteiger partial charge on any atom is 0.340 e. The van der Waals surface area contributed by atoms with Gasteiger partial charge in [0.25, 0.3) is 5.91 Å². The van der Waals surface area contributed by atoms with Crippen molar-refractivity contribution >= 4 is 28.2 Å². The number of carbonyl (C=O) groups is 2. The van der Waals surface area contributed by atoms with E-state index in [1.807, 2.05) is 0 Å². The molecule has 0 bridgehead atoms. The maximum absolute atomic E-state index is 12.5. The quantitative estimate of drug-likeness (QED) is 0.510. The highest BCUT2D eigenvalue weighted by atomic mass is 32.1. The van der Waals surface area contributed by atoms with E-state index in [9.17, 15) is 14.9 Å². The molecule has 1 unspecified atom stereocenters. The van der Waals surface area contributed by atoms with Crippen LogP contribution in [-0.4, -0.2) is 38.2 Å². The number of thiophene rings is 1. The van der Waals surface area contributed by atoms with Gasteiger partial charge in [0.2, 0.25) is 0 Å². The van der Waals surface area contributed by atoms with Crippen LogP contribution >= 0.6 is 11.3 Å². The van der Waals surface area contributed by atoms with Gasteiger partial charge in [-0.3, -0.25) is 4.79 Å². The Morgan fingerprint density at radius 3 is 2.85 bits per heavy atom.